The van der Waals surface area contributed by atoms with Gasteiger partial charge in [0.25, 0.3) is 15.9 Å². The van der Waals surface area contributed by atoms with E-state index < -0.39 is 15.9 Å². The highest BCUT2D eigenvalue weighted by Crippen LogP contribution is 2.34. The highest BCUT2D eigenvalue weighted by molar-refractivity contribution is 7.92. The molecular weight excluding hydrogens is 394 g/mol. The number of fused-ring (bicyclic) bond motifs is 1. The van der Waals surface area contributed by atoms with Gasteiger partial charge in [-0.05, 0) is 55.3 Å². The fourth-order valence-corrected chi connectivity index (χ4v) is 4.65. The zero-order valence-electron chi connectivity index (χ0n) is 16.6. The Morgan fingerprint density at radius 1 is 1.17 bits per heavy atom. The largest absolute Gasteiger partial charge is 0.497 e. The number of rotatable bonds is 5. The lowest BCUT2D eigenvalue weighted by molar-refractivity contribution is -0.116. The molecule has 29 heavy (non-hydrogen) atoms. The van der Waals surface area contributed by atoms with Crippen LogP contribution in [0, 0.1) is 0 Å². The Morgan fingerprint density at radius 2 is 1.90 bits per heavy atom. The van der Waals surface area contributed by atoms with Crippen molar-refractivity contribution in [2.45, 2.75) is 31.2 Å². The molecule has 0 saturated carbocycles. The molecule has 1 heterocycles. The maximum atomic E-state index is 13.0. The first-order valence-electron chi connectivity index (χ1n) is 9.03. The van der Waals surface area contributed by atoms with Crippen molar-refractivity contribution in [1.29, 1.82) is 0 Å². The second-order valence-corrected chi connectivity index (χ2v) is 8.51. The normalized spacial score (nSPS) is 15.6. The van der Waals surface area contributed by atoms with Crippen molar-refractivity contribution in [3.8, 4) is 5.75 Å². The molecule has 1 aliphatic rings. The molecule has 0 saturated heterocycles. The lowest BCUT2D eigenvalue weighted by Gasteiger charge is -2.20. The zero-order valence-corrected chi connectivity index (χ0v) is 17.5. The topological polar surface area (TPSA) is 105 Å². The third-order valence-corrected chi connectivity index (χ3v) is 6.22. The summed E-state index contributed by atoms with van der Waals surface area (Å²) in [4.78, 5) is 25.8. The molecule has 9 heteroatoms. The van der Waals surface area contributed by atoms with Crippen LogP contribution in [-0.2, 0) is 21.2 Å². The average molecular weight is 417 g/mol. The van der Waals surface area contributed by atoms with Gasteiger partial charge in [0, 0.05) is 25.7 Å². The molecule has 8 nitrogen and oxygen atoms in total. The number of nitrogens with zero attached hydrogens (tertiary/aromatic N) is 1. The Labute approximate surface area is 169 Å². The van der Waals surface area contributed by atoms with Crippen LogP contribution in [0.25, 0.3) is 0 Å². The Kier molecular flexibility index (Phi) is 5.52. The number of benzene rings is 2. The molecule has 2 aromatic carbocycles. The molecule has 0 aromatic heterocycles. The van der Waals surface area contributed by atoms with E-state index in [-0.39, 0.29) is 28.1 Å². The fourth-order valence-electron chi connectivity index (χ4n) is 3.52. The molecule has 0 bridgehead atoms. The lowest BCUT2D eigenvalue weighted by atomic mass is 10.1. The van der Waals surface area contributed by atoms with E-state index in [9.17, 15) is 18.0 Å². The van der Waals surface area contributed by atoms with Crippen LogP contribution >= 0.6 is 0 Å². The number of anilines is 2. The third kappa shape index (κ3) is 3.91. The number of nitrogens with one attached hydrogen (secondary N) is 2. The van der Waals surface area contributed by atoms with E-state index in [1.165, 1.54) is 39.3 Å². The van der Waals surface area contributed by atoms with Gasteiger partial charge >= 0.3 is 0 Å². The van der Waals surface area contributed by atoms with Crippen molar-refractivity contribution in [2.24, 2.45) is 0 Å². The molecule has 1 aliphatic heterocycles. The van der Waals surface area contributed by atoms with E-state index in [1.54, 1.807) is 23.1 Å². The minimum atomic E-state index is -3.95. The molecule has 1 unspecified atom stereocenters. The van der Waals surface area contributed by atoms with Crippen LogP contribution in [0.2, 0.25) is 0 Å². The molecule has 0 fully saturated rings. The van der Waals surface area contributed by atoms with Crippen LogP contribution in [-0.4, -0.2) is 40.4 Å². The van der Waals surface area contributed by atoms with Gasteiger partial charge in [-0.15, -0.1) is 0 Å². The fraction of sp³-hybridized carbons (Fsp3) is 0.300. The summed E-state index contributed by atoms with van der Waals surface area (Å²) >= 11 is 0. The summed E-state index contributed by atoms with van der Waals surface area (Å²) in [5.41, 5.74) is 1.80. The highest BCUT2D eigenvalue weighted by Gasteiger charge is 2.30. The van der Waals surface area contributed by atoms with Crippen LogP contribution < -0.4 is 19.7 Å². The van der Waals surface area contributed by atoms with E-state index in [4.69, 9.17) is 4.74 Å². The summed E-state index contributed by atoms with van der Waals surface area (Å²) in [6.07, 6.45) is 0.574. The number of hydrogen-bond donors (Lipinski definition) is 2. The second kappa shape index (κ2) is 7.75. The van der Waals surface area contributed by atoms with Crippen LogP contribution in [0.5, 0.6) is 5.75 Å². The molecule has 154 valence electrons. The standard InChI is InChI=1S/C20H23N3O5S/c1-12-9-14-10-16(6-8-19(14)23(12)13(2)24)29(26,27)22-18-7-5-15(28-4)11-17(18)20(25)21-3/h5-8,10-12,22H,9H2,1-4H3,(H,21,25). The third-order valence-electron chi connectivity index (χ3n) is 4.86. The maximum Gasteiger partial charge on any atom is 0.261 e. The van der Waals surface area contributed by atoms with Crippen molar-refractivity contribution >= 4 is 33.2 Å². The van der Waals surface area contributed by atoms with Gasteiger partial charge in [0.1, 0.15) is 5.75 Å². The second-order valence-electron chi connectivity index (χ2n) is 6.83. The smallest absolute Gasteiger partial charge is 0.261 e. The van der Waals surface area contributed by atoms with Crippen LogP contribution in [0.1, 0.15) is 29.8 Å². The SMILES string of the molecule is CNC(=O)c1cc(OC)ccc1NS(=O)(=O)c1ccc2c(c1)CC(C)N2C(C)=O. The first kappa shape index (κ1) is 20.7. The molecule has 1 atom stereocenters. The molecule has 2 aromatic rings. The van der Waals surface area contributed by atoms with E-state index in [0.29, 0.717) is 12.2 Å². The number of hydrogen-bond acceptors (Lipinski definition) is 5. The minimum absolute atomic E-state index is 0.0325. The van der Waals surface area contributed by atoms with Gasteiger partial charge in [-0.1, -0.05) is 0 Å². The Morgan fingerprint density at radius 3 is 2.52 bits per heavy atom. The summed E-state index contributed by atoms with van der Waals surface area (Å²) in [6, 6.07) is 9.15. The number of methoxy groups -OCH3 is 1. The van der Waals surface area contributed by atoms with Gasteiger partial charge in [-0.25, -0.2) is 8.42 Å². The Bertz CT molecular complexity index is 1080. The summed E-state index contributed by atoms with van der Waals surface area (Å²) in [7, 11) is -1.03. The Hall–Kier alpha value is -3.07. The van der Waals surface area contributed by atoms with Crippen LogP contribution in [0.15, 0.2) is 41.3 Å². The highest BCUT2D eigenvalue weighted by atomic mass is 32.2. The quantitative estimate of drug-likeness (QED) is 0.776. The Balaban J connectivity index is 1.97. The maximum absolute atomic E-state index is 13.0. The van der Waals surface area contributed by atoms with Gasteiger partial charge in [-0.2, -0.15) is 0 Å². The molecule has 2 amide bonds. The van der Waals surface area contributed by atoms with E-state index >= 15 is 0 Å². The summed E-state index contributed by atoms with van der Waals surface area (Å²) in [5, 5.41) is 2.49. The predicted octanol–water partition coefficient (Wildman–Crippen LogP) is 2.15. The first-order chi connectivity index (χ1) is 13.7. The van der Waals surface area contributed by atoms with E-state index in [0.717, 1.165) is 11.3 Å². The predicted molar refractivity (Wildman–Crippen MR) is 110 cm³/mol. The van der Waals surface area contributed by atoms with Crippen molar-refractivity contribution in [3.63, 3.8) is 0 Å². The van der Waals surface area contributed by atoms with Crippen molar-refractivity contribution in [1.82, 2.24) is 5.32 Å². The summed E-state index contributed by atoms with van der Waals surface area (Å²) in [5.74, 6) is -0.0951. The first-order valence-corrected chi connectivity index (χ1v) is 10.5. The van der Waals surface area contributed by atoms with Gasteiger partial charge < -0.3 is 15.0 Å². The van der Waals surface area contributed by atoms with Crippen molar-refractivity contribution in [3.05, 3.63) is 47.5 Å². The molecule has 0 radical (unpaired) electrons. The number of ether oxygens (including phenoxy) is 1. The monoisotopic (exact) mass is 417 g/mol. The lowest BCUT2D eigenvalue weighted by Crippen LogP contribution is -2.33. The van der Waals surface area contributed by atoms with E-state index in [2.05, 4.69) is 10.0 Å². The summed E-state index contributed by atoms with van der Waals surface area (Å²) < 4.78 is 33.5. The molecule has 3 rings (SSSR count). The minimum Gasteiger partial charge on any atom is -0.497 e. The zero-order chi connectivity index (χ0) is 21.3. The molecule has 0 aliphatic carbocycles. The average Bonchev–Trinajstić information content (AvgIpc) is 3.02. The van der Waals surface area contributed by atoms with Crippen LogP contribution in [0.3, 0.4) is 0 Å². The van der Waals surface area contributed by atoms with Crippen molar-refractivity contribution < 1.29 is 22.7 Å². The number of sulfonamides is 1. The number of carbonyl (C=O) groups is 2. The van der Waals surface area contributed by atoms with Gasteiger partial charge in [0.15, 0.2) is 0 Å². The van der Waals surface area contributed by atoms with E-state index in [1.807, 2.05) is 6.92 Å². The van der Waals surface area contributed by atoms with Crippen LogP contribution in [0.4, 0.5) is 11.4 Å². The molecular formula is C20H23N3O5S. The number of carbonyl (C=O) groups excluding carboxylic acids is 2. The van der Waals surface area contributed by atoms with Gasteiger partial charge in [0.05, 0.1) is 23.3 Å². The van der Waals surface area contributed by atoms with Gasteiger partial charge in [-0.3, -0.25) is 14.3 Å². The molecule has 0 spiro atoms. The van der Waals surface area contributed by atoms with Gasteiger partial charge in [0.2, 0.25) is 5.91 Å². The summed E-state index contributed by atoms with van der Waals surface area (Å²) in [6.45, 7) is 3.41. The molecule has 2 N–H and O–H groups in total. The van der Waals surface area contributed by atoms with Crippen molar-refractivity contribution in [2.75, 3.05) is 23.8 Å². The number of amides is 2.